The molecular formula is C29H39N5O2. The lowest BCUT2D eigenvalue weighted by atomic mass is 9.62. The highest BCUT2D eigenvalue weighted by molar-refractivity contribution is 5.54. The molecule has 36 heavy (non-hydrogen) atoms. The van der Waals surface area contributed by atoms with Crippen LogP contribution in [0, 0.1) is 0 Å². The highest BCUT2D eigenvalue weighted by Gasteiger charge is 2.45. The topological polar surface area (TPSA) is 73.8 Å². The maximum atomic E-state index is 10.3. The fourth-order valence-corrected chi connectivity index (χ4v) is 8.00. The third-order valence-corrected chi connectivity index (χ3v) is 9.87. The van der Waals surface area contributed by atoms with Crippen molar-refractivity contribution in [2.75, 3.05) is 50.8 Å². The summed E-state index contributed by atoms with van der Waals surface area (Å²) in [5.74, 6) is 1.48. The molecule has 1 unspecified atom stereocenters. The summed E-state index contributed by atoms with van der Waals surface area (Å²) >= 11 is 0. The molecule has 1 atom stereocenters. The summed E-state index contributed by atoms with van der Waals surface area (Å²) in [6.45, 7) is 7.04. The molecule has 2 N–H and O–H groups in total. The Morgan fingerprint density at radius 2 is 1.78 bits per heavy atom. The molecule has 5 aliphatic rings. The van der Waals surface area contributed by atoms with Crippen LogP contribution in [0.1, 0.15) is 67.3 Å². The van der Waals surface area contributed by atoms with E-state index in [0.29, 0.717) is 18.4 Å². The lowest BCUT2D eigenvalue weighted by Gasteiger charge is -2.43. The van der Waals surface area contributed by atoms with Crippen molar-refractivity contribution >= 4 is 5.82 Å². The van der Waals surface area contributed by atoms with E-state index in [1.165, 1.54) is 67.6 Å². The van der Waals surface area contributed by atoms with E-state index in [4.69, 9.17) is 14.7 Å². The monoisotopic (exact) mass is 489 g/mol. The number of hydrogen-bond acceptors (Lipinski definition) is 7. The average Bonchev–Trinajstić information content (AvgIpc) is 3.49. The van der Waals surface area contributed by atoms with Gasteiger partial charge in [0.15, 0.2) is 0 Å². The number of nitrogens with zero attached hydrogens (tertiary/aromatic N) is 4. The Bertz CT molecular complexity index is 1140. The minimum atomic E-state index is 0.0536. The van der Waals surface area contributed by atoms with Crippen LogP contribution in [-0.4, -0.2) is 71.4 Å². The van der Waals surface area contributed by atoms with Crippen LogP contribution >= 0.6 is 0 Å². The Hall–Kier alpha value is -2.38. The first-order valence-electron chi connectivity index (χ1n) is 14.2. The van der Waals surface area contributed by atoms with Gasteiger partial charge in [-0.05, 0) is 101 Å². The number of rotatable bonds is 4. The Morgan fingerprint density at radius 1 is 0.944 bits per heavy atom. The van der Waals surface area contributed by atoms with Crippen molar-refractivity contribution in [2.45, 2.75) is 75.2 Å². The molecule has 0 saturated carbocycles. The predicted molar refractivity (Wildman–Crippen MR) is 140 cm³/mol. The molecule has 2 aromatic rings. The van der Waals surface area contributed by atoms with Crippen LogP contribution in [0.5, 0.6) is 11.8 Å². The molecule has 3 saturated heterocycles. The summed E-state index contributed by atoms with van der Waals surface area (Å²) in [5, 5.41) is 13.8. The van der Waals surface area contributed by atoms with Gasteiger partial charge in [0, 0.05) is 37.2 Å². The zero-order chi connectivity index (χ0) is 24.2. The van der Waals surface area contributed by atoms with Crippen LogP contribution in [0.25, 0.3) is 0 Å². The van der Waals surface area contributed by atoms with Gasteiger partial charge in [-0.2, -0.15) is 9.97 Å². The fraction of sp³-hybridized carbons (Fsp3) is 0.655. The molecule has 1 aromatic carbocycles. The third kappa shape index (κ3) is 3.77. The number of aromatic nitrogens is 2. The number of hydrogen-bond donors (Lipinski definition) is 2. The molecule has 3 fully saturated rings. The zero-order valence-corrected chi connectivity index (χ0v) is 21.4. The highest BCUT2D eigenvalue weighted by atomic mass is 16.5. The van der Waals surface area contributed by atoms with Gasteiger partial charge in [-0.1, -0.05) is 6.07 Å². The van der Waals surface area contributed by atoms with Gasteiger partial charge in [-0.3, -0.25) is 4.90 Å². The Labute approximate surface area is 214 Å². The van der Waals surface area contributed by atoms with Crippen molar-refractivity contribution in [3.8, 4) is 11.8 Å². The molecule has 1 aromatic heterocycles. The summed E-state index contributed by atoms with van der Waals surface area (Å²) in [7, 11) is 0. The van der Waals surface area contributed by atoms with Gasteiger partial charge in [0.1, 0.15) is 18.2 Å². The molecule has 7 nitrogen and oxygen atoms in total. The number of phenols is 1. The van der Waals surface area contributed by atoms with Crippen LogP contribution in [-0.2, 0) is 24.7 Å². The average molecular weight is 490 g/mol. The summed E-state index contributed by atoms with van der Waals surface area (Å²) in [6, 6.07) is 6.58. The van der Waals surface area contributed by atoms with Crippen LogP contribution in [0.3, 0.4) is 0 Å². The number of nitrogens with one attached hydrogen (secondary N) is 1. The highest BCUT2D eigenvalue weighted by Crippen LogP contribution is 2.48. The van der Waals surface area contributed by atoms with E-state index < -0.39 is 0 Å². The second-order valence-electron chi connectivity index (χ2n) is 11.9. The Morgan fingerprint density at radius 3 is 2.61 bits per heavy atom. The van der Waals surface area contributed by atoms with E-state index in [2.05, 4.69) is 21.2 Å². The van der Waals surface area contributed by atoms with Crippen molar-refractivity contribution in [2.24, 2.45) is 0 Å². The van der Waals surface area contributed by atoms with Crippen molar-refractivity contribution in [1.29, 1.82) is 0 Å². The summed E-state index contributed by atoms with van der Waals surface area (Å²) < 4.78 is 6.51. The number of aryl methyl sites for hydroxylation is 1. The molecular weight excluding hydrogens is 450 g/mol. The largest absolute Gasteiger partial charge is 0.508 e. The lowest BCUT2D eigenvalue weighted by Crippen LogP contribution is -2.45. The van der Waals surface area contributed by atoms with Crippen molar-refractivity contribution in [1.82, 2.24) is 20.2 Å². The Kier molecular flexibility index (Phi) is 5.62. The standard InChI is InChI=1S/C29H39N5O2/c35-22-6-5-21-4-1-8-28(24(21)18-22)11-7-23-25(19-28)31-27(32-26(23)33-16-12-30-13-17-33)36-20-29-9-2-14-34(29)15-3-10-29/h5-6,18,30,35H,1-4,7-17,19-20H2. The molecule has 7 heteroatoms. The second kappa shape index (κ2) is 8.88. The number of aromatic hydroxyl groups is 1. The molecule has 1 spiro atoms. The number of phenolic OH excluding ortho intramolecular Hbond substituents is 1. The Balaban J connectivity index is 1.24. The number of benzene rings is 1. The van der Waals surface area contributed by atoms with E-state index >= 15 is 0 Å². The van der Waals surface area contributed by atoms with Gasteiger partial charge in [0.25, 0.3) is 0 Å². The van der Waals surface area contributed by atoms with Gasteiger partial charge in [0.2, 0.25) is 0 Å². The maximum absolute atomic E-state index is 10.3. The second-order valence-corrected chi connectivity index (χ2v) is 11.9. The summed E-state index contributed by atoms with van der Waals surface area (Å²) in [4.78, 5) is 15.3. The van der Waals surface area contributed by atoms with E-state index in [0.717, 1.165) is 64.1 Å². The smallest absolute Gasteiger partial charge is 0.318 e. The van der Waals surface area contributed by atoms with Crippen LogP contribution < -0.4 is 15.0 Å². The van der Waals surface area contributed by atoms with E-state index in [-0.39, 0.29) is 11.0 Å². The first-order chi connectivity index (χ1) is 17.6. The van der Waals surface area contributed by atoms with E-state index in [1.807, 2.05) is 12.1 Å². The third-order valence-electron chi connectivity index (χ3n) is 9.87. The van der Waals surface area contributed by atoms with Crippen molar-refractivity contribution < 1.29 is 9.84 Å². The summed E-state index contributed by atoms with van der Waals surface area (Å²) in [6.07, 6.45) is 11.5. The molecule has 0 amide bonds. The fourth-order valence-electron chi connectivity index (χ4n) is 8.00. The van der Waals surface area contributed by atoms with Gasteiger partial charge >= 0.3 is 6.01 Å². The number of fused-ring (bicyclic) bond motifs is 4. The van der Waals surface area contributed by atoms with Crippen LogP contribution in [0.4, 0.5) is 5.82 Å². The molecule has 0 radical (unpaired) electrons. The molecule has 0 bridgehead atoms. The van der Waals surface area contributed by atoms with Gasteiger partial charge in [0.05, 0.1) is 11.2 Å². The van der Waals surface area contributed by atoms with Gasteiger partial charge < -0.3 is 20.1 Å². The molecule has 2 aliphatic carbocycles. The van der Waals surface area contributed by atoms with Crippen LogP contribution in [0.15, 0.2) is 18.2 Å². The quantitative estimate of drug-likeness (QED) is 0.682. The SMILES string of the molecule is Oc1ccc2c(c1)C1(CCC2)CCc2c(nc(OCC34CCCN3CCC4)nc2N2CCNCC2)C1. The number of ether oxygens (including phenoxy) is 1. The van der Waals surface area contributed by atoms with Crippen molar-refractivity contribution in [3.63, 3.8) is 0 Å². The minimum Gasteiger partial charge on any atom is -0.508 e. The molecule has 3 aliphatic heterocycles. The van der Waals surface area contributed by atoms with Crippen molar-refractivity contribution in [3.05, 3.63) is 40.6 Å². The number of anilines is 1. The van der Waals surface area contributed by atoms with E-state index in [1.54, 1.807) is 0 Å². The summed E-state index contributed by atoms with van der Waals surface area (Å²) in [5.41, 5.74) is 5.48. The first-order valence-corrected chi connectivity index (χ1v) is 14.2. The predicted octanol–water partition coefficient (Wildman–Crippen LogP) is 3.36. The van der Waals surface area contributed by atoms with Gasteiger partial charge in [-0.25, -0.2) is 0 Å². The maximum Gasteiger partial charge on any atom is 0.318 e. The van der Waals surface area contributed by atoms with Gasteiger partial charge in [-0.15, -0.1) is 0 Å². The normalized spacial score (nSPS) is 27.1. The molecule has 7 rings (SSSR count). The zero-order valence-electron chi connectivity index (χ0n) is 21.4. The molecule has 192 valence electrons. The first kappa shape index (κ1) is 22.8. The number of piperazine rings is 1. The lowest BCUT2D eigenvalue weighted by molar-refractivity contribution is 0.107. The van der Waals surface area contributed by atoms with Crippen LogP contribution in [0.2, 0.25) is 0 Å². The minimum absolute atomic E-state index is 0.0536. The molecule has 4 heterocycles. The van der Waals surface area contributed by atoms with E-state index in [9.17, 15) is 5.11 Å².